The SMILES string of the molecule is NC(=O)c1cc2ccccc2n1C1CC1. The van der Waals surface area contributed by atoms with Gasteiger partial charge in [0.05, 0.1) is 0 Å². The monoisotopic (exact) mass is 200 g/mol. The van der Waals surface area contributed by atoms with Crippen molar-refractivity contribution in [1.82, 2.24) is 4.57 Å². The Kier molecular flexibility index (Phi) is 1.63. The molecule has 2 aromatic rings. The van der Waals surface area contributed by atoms with Gasteiger partial charge in [-0.15, -0.1) is 0 Å². The summed E-state index contributed by atoms with van der Waals surface area (Å²) in [5, 5.41) is 1.10. The fraction of sp³-hybridized carbons (Fsp3) is 0.250. The predicted molar refractivity (Wildman–Crippen MR) is 58.7 cm³/mol. The minimum atomic E-state index is -0.335. The molecule has 15 heavy (non-hydrogen) atoms. The maximum absolute atomic E-state index is 11.3. The average Bonchev–Trinajstić information content (AvgIpc) is 2.98. The van der Waals surface area contributed by atoms with Crippen LogP contribution < -0.4 is 5.73 Å². The van der Waals surface area contributed by atoms with Gasteiger partial charge in [0.2, 0.25) is 0 Å². The van der Waals surface area contributed by atoms with Gasteiger partial charge in [-0.2, -0.15) is 0 Å². The van der Waals surface area contributed by atoms with Crippen molar-refractivity contribution in [3.05, 3.63) is 36.0 Å². The van der Waals surface area contributed by atoms with E-state index in [0.29, 0.717) is 11.7 Å². The molecule has 3 nitrogen and oxygen atoms in total. The van der Waals surface area contributed by atoms with E-state index in [0.717, 1.165) is 23.7 Å². The summed E-state index contributed by atoms with van der Waals surface area (Å²) in [6, 6.07) is 10.4. The number of primary amides is 1. The minimum Gasteiger partial charge on any atom is -0.364 e. The van der Waals surface area contributed by atoms with Gasteiger partial charge in [-0.3, -0.25) is 4.79 Å². The number of nitrogens with two attached hydrogens (primary N) is 1. The second kappa shape index (κ2) is 2.86. The number of fused-ring (bicyclic) bond motifs is 1. The molecule has 1 aromatic carbocycles. The molecule has 3 rings (SSSR count). The van der Waals surface area contributed by atoms with E-state index in [2.05, 4.69) is 4.57 Å². The lowest BCUT2D eigenvalue weighted by Gasteiger charge is -2.05. The average molecular weight is 200 g/mol. The van der Waals surface area contributed by atoms with Gasteiger partial charge in [-0.05, 0) is 25.0 Å². The summed E-state index contributed by atoms with van der Waals surface area (Å²) in [6.45, 7) is 0. The zero-order valence-electron chi connectivity index (χ0n) is 8.31. The Morgan fingerprint density at radius 1 is 1.33 bits per heavy atom. The van der Waals surface area contributed by atoms with Crippen molar-refractivity contribution in [1.29, 1.82) is 0 Å². The quantitative estimate of drug-likeness (QED) is 0.792. The lowest BCUT2D eigenvalue weighted by atomic mass is 10.2. The van der Waals surface area contributed by atoms with Crippen LogP contribution in [0.4, 0.5) is 0 Å². The van der Waals surface area contributed by atoms with Gasteiger partial charge in [0, 0.05) is 16.9 Å². The maximum Gasteiger partial charge on any atom is 0.265 e. The second-order valence-electron chi connectivity index (χ2n) is 4.05. The molecule has 76 valence electrons. The van der Waals surface area contributed by atoms with Crippen LogP contribution in [0, 0.1) is 0 Å². The van der Waals surface area contributed by atoms with Crippen LogP contribution in [0.1, 0.15) is 29.4 Å². The zero-order chi connectivity index (χ0) is 10.4. The molecular formula is C12H12N2O. The maximum atomic E-state index is 11.3. The summed E-state index contributed by atoms with van der Waals surface area (Å²) in [5.74, 6) is -0.335. The number of nitrogens with zero attached hydrogens (tertiary/aromatic N) is 1. The fourth-order valence-electron chi connectivity index (χ4n) is 2.09. The van der Waals surface area contributed by atoms with Crippen LogP contribution in [0.5, 0.6) is 0 Å². The van der Waals surface area contributed by atoms with Crippen LogP contribution in [-0.2, 0) is 0 Å². The Labute approximate surface area is 87.5 Å². The summed E-state index contributed by atoms with van der Waals surface area (Å²) >= 11 is 0. The second-order valence-corrected chi connectivity index (χ2v) is 4.05. The Morgan fingerprint density at radius 2 is 2.07 bits per heavy atom. The van der Waals surface area contributed by atoms with Gasteiger partial charge in [0.25, 0.3) is 5.91 Å². The summed E-state index contributed by atoms with van der Waals surface area (Å²) in [7, 11) is 0. The van der Waals surface area contributed by atoms with E-state index in [1.54, 1.807) is 0 Å². The topological polar surface area (TPSA) is 48.0 Å². The number of para-hydroxylation sites is 1. The summed E-state index contributed by atoms with van der Waals surface area (Å²) in [6.07, 6.45) is 2.30. The summed E-state index contributed by atoms with van der Waals surface area (Å²) < 4.78 is 2.08. The number of hydrogen-bond donors (Lipinski definition) is 1. The number of carbonyl (C=O) groups is 1. The van der Waals surface area contributed by atoms with Crippen molar-refractivity contribution in [2.45, 2.75) is 18.9 Å². The van der Waals surface area contributed by atoms with Gasteiger partial charge in [-0.25, -0.2) is 0 Å². The standard InChI is InChI=1S/C12H12N2O/c13-12(15)11-7-8-3-1-2-4-10(8)14(11)9-5-6-9/h1-4,7,9H,5-6H2,(H2,13,15). The number of amides is 1. The van der Waals surface area contributed by atoms with Crippen LogP contribution >= 0.6 is 0 Å². The van der Waals surface area contributed by atoms with E-state index in [4.69, 9.17) is 5.73 Å². The van der Waals surface area contributed by atoms with Crippen LogP contribution in [0.15, 0.2) is 30.3 Å². The lowest BCUT2D eigenvalue weighted by Crippen LogP contribution is -2.16. The van der Waals surface area contributed by atoms with Gasteiger partial charge in [-0.1, -0.05) is 18.2 Å². The minimum absolute atomic E-state index is 0.335. The number of carbonyl (C=O) groups excluding carboxylic acids is 1. The Bertz CT molecular complexity index is 538. The highest BCUT2D eigenvalue weighted by Gasteiger charge is 2.28. The predicted octanol–water partition coefficient (Wildman–Crippen LogP) is 2.08. The molecule has 1 saturated carbocycles. The lowest BCUT2D eigenvalue weighted by molar-refractivity contribution is 0.0992. The number of hydrogen-bond acceptors (Lipinski definition) is 1. The Hall–Kier alpha value is -1.77. The fourth-order valence-corrected chi connectivity index (χ4v) is 2.09. The van der Waals surface area contributed by atoms with Crippen molar-refractivity contribution < 1.29 is 4.79 Å². The van der Waals surface area contributed by atoms with E-state index < -0.39 is 0 Å². The van der Waals surface area contributed by atoms with Crippen LogP contribution in [-0.4, -0.2) is 10.5 Å². The van der Waals surface area contributed by atoms with Gasteiger partial charge in [0.1, 0.15) is 5.69 Å². The molecular weight excluding hydrogens is 188 g/mol. The molecule has 1 aliphatic carbocycles. The van der Waals surface area contributed by atoms with Crippen LogP contribution in [0.3, 0.4) is 0 Å². The molecule has 0 radical (unpaired) electrons. The molecule has 1 amide bonds. The molecule has 0 saturated heterocycles. The van der Waals surface area contributed by atoms with Crippen molar-refractivity contribution in [2.75, 3.05) is 0 Å². The first-order chi connectivity index (χ1) is 7.27. The molecule has 1 aliphatic rings. The van der Waals surface area contributed by atoms with Gasteiger partial charge < -0.3 is 10.3 Å². The highest BCUT2D eigenvalue weighted by atomic mass is 16.1. The zero-order valence-corrected chi connectivity index (χ0v) is 8.31. The largest absolute Gasteiger partial charge is 0.364 e. The number of aromatic nitrogens is 1. The molecule has 3 heteroatoms. The van der Waals surface area contributed by atoms with E-state index in [-0.39, 0.29) is 5.91 Å². The highest BCUT2D eigenvalue weighted by Crippen LogP contribution is 2.39. The number of benzene rings is 1. The first-order valence-corrected chi connectivity index (χ1v) is 5.17. The van der Waals surface area contributed by atoms with E-state index in [9.17, 15) is 4.79 Å². The summed E-state index contributed by atoms with van der Waals surface area (Å²) in [4.78, 5) is 11.3. The first kappa shape index (κ1) is 8.53. The molecule has 0 atom stereocenters. The smallest absolute Gasteiger partial charge is 0.265 e. The molecule has 1 fully saturated rings. The molecule has 0 bridgehead atoms. The van der Waals surface area contributed by atoms with Crippen molar-refractivity contribution >= 4 is 16.8 Å². The Balaban J connectivity index is 2.33. The third-order valence-corrected chi connectivity index (χ3v) is 2.91. The van der Waals surface area contributed by atoms with Crippen molar-refractivity contribution in [3.8, 4) is 0 Å². The highest BCUT2D eigenvalue weighted by molar-refractivity contribution is 5.98. The number of rotatable bonds is 2. The molecule has 0 spiro atoms. The molecule has 2 N–H and O–H groups in total. The molecule has 1 aromatic heterocycles. The van der Waals surface area contributed by atoms with Crippen molar-refractivity contribution in [3.63, 3.8) is 0 Å². The molecule has 1 heterocycles. The third kappa shape index (κ3) is 1.23. The Morgan fingerprint density at radius 3 is 2.73 bits per heavy atom. The van der Waals surface area contributed by atoms with E-state index in [1.165, 1.54) is 0 Å². The van der Waals surface area contributed by atoms with Crippen LogP contribution in [0.2, 0.25) is 0 Å². The molecule has 0 unspecified atom stereocenters. The van der Waals surface area contributed by atoms with E-state index in [1.807, 2.05) is 30.3 Å². The molecule has 0 aliphatic heterocycles. The normalized spacial score (nSPS) is 15.7. The van der Waals surface area contributed by atoms with Crippen LogP contribution in [0.25, 0.3) is 10.9 Å². The summed E-state index contributed by atoms with van der Waals surface area (Å²) in [5.41, 5.74) is 7.14. The van der Waals surface area contributed by atoms with Gasteiger partial charge >= 0.3 is 0 Å². The van der Waals surface area contributed by atoms with E-state index >= 15 is 0 Å². The van der Waals surface area contributed by atoms with Gasteiger partial charge in [0.15, 0.2) is 0 Å². The third-order valence-electron chi connectivity index (χ3n) is 2.91. The first-order valence-electron chi connectivity index (χ1n) is 5.17. The van der Waals surface area contributed by atoms with Crippen molar-refractivity contribution in [2.24, 2.45) is 5.73 Å².